The van der Waals surface area contributed by atoms with Crippen LogP contribution in [0.4, 0.5) is 5.69 Å². The van der Waals surface area contributed by atoms with Crippen molar-refractivity contribution in [2.24, 2.45) is 0 Å². The summed E-state index contributed by atoms with van der Waals surface area (Å²) in [6, 6.07) is 13.0. The first-order valence-electron chi connectivity index (χ1n) is 7.29. The zero-order valence-electron chi connectivity index (χ0n) is 12.7. The largest absolute Gasteiger partial charge is 0.322 e. The van der Waals surface area contributed by atoms with Gasteiger partial charge in [-0.05, 0) is 35.9 Å². The van der Waals surface area contributed by atoms with E-state index in [1.807, 2.05) is 36.4 Å². The number of nitrogens with zero attached hydrogens (tertiary/aromatic N) is 3. The number of thioether (sulfide) groups is 1. The fraction of sp³-hybridized carbons (Fsp3) is 0.118. The molecule has 7 heteroatoms. The molecule has 2 aromatic heterocycles. The molecule has 3 rings (SSSR count). The lowest BCUT2D eigenvalue weighted by Gasteiger charge is -2.10. The molecule has 0 spiro atoms. The molecule has 122 valence electrons. The number of benzene rings is 1. The third-order valence-corrected chi connectivity index (χ3v) is 4.45. The van der Waals surface area contributed by atoms with Gasteiger partial charge in [0.05, 0.1) is 11.4 Å². The predicted octanol–water partition coefficient (Wildman–Crippen LogP) is 3.79. The summed E-state index contributed by atoms with van der Waals surface area (Å²) in [6.45, 7) is 0. The maximum Gasteiger partial charge on any atom is 0.234 e. The molecule has 3 aromatic rings. The van der Waals surface area contributed by atoms with Crippen LogP contribution in [0.1, 0.15) is 5.56 Å². The maximum atomic E-state index is 12.2. The first-order chi connectivity index (χ1) is 11.7. The van der Waals surface area contributed by atoms with E-state index in [9.17, 15) is 4.79 Å². The minimum absolute atomic E-state index is 0.0737. The highest BCUT2D eigenvalue weighted by Gasteiger charge is 2.09. The maximum absolute atomic E-state index is 12.2. The smallest absolute Gasteiger partial charge is 0.234 e. The second kappa shape index (κ2) is 7.99. The Bertz CT molecular complexity index is 806. The number of hydrogen-bond acceptors (Lipinski definition) is 4. The van der Waals surface area contributed by atoms with E-state index in [4.69, 9.17) is 11.6 Å². The zero-order chi connectivity index (χ0) is 16.8. The number of nitrogens with one attached hydrogen (secondary N) is 1. The van der Waals surface area contributed by atoms with Crippen molar-refractivity contribution in [3.05, 3.63) is 71.6 Å². The molecule has 0 fully saturated rings. The highest BCUT2D eigenvalue weighted by molar-refractivity contribution is 7.99. The summed E-state index contributed by atoms with van der Waals surface area (Å²) >= 11 is 7.40. The van der Waals surface area contributed by atoms with Crippen molar-refractivity contribution in [2.75, 3.05) is 11.1 Å². The summed E-state index contributed by atoms with van der Waals surface area (Å²) in [5.74, 6) is 1.63. The van der Waals surface area contributed by atoms with Gasteiger partial charge in [0.15, 0.2) is 5.82 Å². The van der Waals surface area contributed by atoms with Gasteiger partial charge in [-0.15, -0.1) is 11.8 Å². The summed E-state index contributed by atoms with van der Waals surface area (Å²) < 4.78 is 1.62. The lowest BCUT2D eigenvalue weighted by Crippen LogP contribution is -2.16. The van der Waals surface area contributed by atoms with Gasteiger partial charge in [-0.25, -0.2) is 9.67 Å². The lowest BCUT2D eigenvalue weighted by molar-refractivity contribution is -0.113. The van der Waals surface area contributed by atoms with Gasteiger partial charge in [0.2, 0.25) is 5.91 Å². The van der Waals surface area contributed by atoms with Crippen molar-refractivity contribution in [2.45, 2.75) is 5.75 Å². The molecule has 0 saturated heterocycles. The summed E-state index contributed by atoms with van der Waals surface area (Å²) in [7, 11) is 0. The summed E-state index contributed by atoms with van der Waals surface area (Å²) in [5, 5.41) is 7.75. The highest BCUT2D eigenvalue weighted by atomic mass is 35.5. The Kier molecular flexibility index (Phi) is 5.51. The SMILES string of the molecule is O=C(CSCc1ccc(Cl)cc1)Nc1cccnc1-n1cccn1. The van der Waals surface area contributed by atoms with E-state index in [2.05, 4.69) is 15.4 Å². The number of rotatable bonds is 6. The summed E-state index contributed by atoms with van der Waals surface area (Å²) in [5.41, 5.74) is 1.77. The van der Waals surface area contributed by atoms with Crippen LogP contribution in [0.3, 0.4) is 0 Å². The van der Waals surface area contributed by atoms with Gasteiger partial charge >= 0.3 is 0 Å². The van der Waals surface area contributed by atoms with E-state index < -0.39 is 0 Å². The van der Waals surface area contributed by atoms with Gasteiger partial charge in [0.25, 0.3) is 0 Å². The van der Waals surface area contributed by atoms with Gasteiger partial charge in [-0.3, -0.25) is 4.79 Å². The van der Waals surface area contributed by atoms with Crippen LogP contribution in [0.2, 0.25) is 5.02 Å². The van der Waals surface area contributed by atoms with E-state index in [-0.39, 0.29) is 5.91 Å². The fourth-order valence-corrected chi connectivity index (χ4v) is 3.01. The number of halogens is 1. The number of anilines is 1. The second-order valence-electron chi connectivity index (χ2n) is 4.99. The Morgan fingerprint density at radius 2 is 2.00 bits per heavy atom. The molecule has 0 bridgehead atoms. The Labute approximate surface area is 149 Å². The third-order valence-electron chi connectivity index (χ3n) is 3.20. The summed E-state index contributed by atoms with van der Waals surface area (Å²) in [6.07, 6.45) is 5.12. The van der Waals surface area contributed by atoms with E-state index >= 15 is 0 Å². The Hall–Kier alpha value is -2.31. The van der Waals surface area contributed by atoms with E-state index in [1.54, 1.807) is 41.1 Å². The quantitative estimate of drug-likeness (QED) is 0.728. The number of amides is 1. The minimum Gasteiger partial charge on any atom is -0.322 e. The molecule has 24 heavy (non-hydrogen) atoms. The molecule has 0 saturated carbocycles. The highest BCUT2D eigenvalue weighted by Crippen LogP contribution is 2.18. The molecule has 0 atom stereocenters. The van der Waals surface area contributed by atoms with Crippen molar-refractivity contribution >= 4 is 35.0 Å². The molecule has 2 heterocycles. The molecule has 1 aromatic carbocycles. The molecule has 0 radical (unpaired) electrons. The number of pyridine rings is 1. The fourth-order valence-electron chi connectivity index (χ4n) is 2.10. The van der Waals surface area contributed by atoms with Gasteiger partial charge < -0.3 is 5.32 Å². The van der Waals surface area contributed by atoms with Crippen LogP contribution in [0.15, 0.2) is 61.1 Å². The van der Waals surface area contributed by atoms with Crippen LogP contribution in [0, 0.1) is 0 Å². The molecule has 5 nitrogen and oxygen atoms in total. The Balaban J connectivity index is 1.57. The van der Waals surface area contributed by atoms with E-state index in [1.165, 1.54) is 0 Å². The average Bonchev–Trinajstić information content (AvgIpc) is 3.11. The summed E-state index contributed by atoms with van der Waals surface area (Å²) in [4.78, 5) is 16.4. The van der Waals surface area contributed by atoms with E-state index in [0.717, 1.165) is 11.3 Å². The van der Waals surface area contributed by atoms with Gasteiger partial charge in [-0.2, -0.15) is 5.10 Å². The lowest BCUT2D eigenvalue weighted by atomic mass is 10.2. The minimum atomic E-state index is -0.0737. The monoisotopic (exact) mass is 358 g/mol. The molecule has 0 unspecified atom stereocenters. The van der Waals surface area contributed by atoms with Crippen LogP contribution in [-0.2, 0) is 10.5 Å². The zero-order valence-corrected chi connectivity index (χ0v) is 14.3. The Morgan fingerprint density at radius 1 is 1.17 bits per heavy atom. The number of carbonyl (C=O) groups excluding carboxylic acids is 1. The van der Waals surface area contributed by atoms with Crippen LogP contribution >= 0.6 is 23.4 Å². The standard InChI is InChI=1S/C17H15ClN4OS/c18-14-6-4-13(5-7-14)11-24-12-16(23)21-15-3-1-8-19-17(15)22-10-2-9-20-22/h1-10H,11-12H2,(H,21,23). The normalized spacial score (nSPS) is 10.5. The molecular weight excluding hydrogens is 344 g/mol. The number of aromatic nitrogens is 3. The number of hydrogen-bond donors (Lipinski definition) is 1. The van der Waals surface area contributed by atoms with Crippen LogP contribution < -0.4 is 5.32 Å². The predicted molar refractivity (Wildman–Crippen MR) is 97.6 cm³/mol. The Morgan fingerprint density at radius 3 is 2.75 bits per heavy atom. The van der Waals surface area contributed by atoms with Crippen molar-refractivity contribution in [1.82, 2.24) is 14.8 Å². The first kappa shape index (κ1) is 16.5. The van der Waals surface area contributed by atoms with E-state index in [0.29, 0.717) is 22.3 Å². The van der Waals surface area contributed by atoms with Crippen molar-refractivity contribution in [3.63, 3.8) is 0 Å². The van der Waals surface area contributed by atoms with Crippen molar-refractivity contribution in [1.29, 1.82) is 0 Å². The second-order valence-corrected chi connectivity index (χ2v) is 6.41. The van der Waals surface area contributed by atoms with Crippen LogP contribution in [0.25, 0.3) is 5.82 Å². The number of carbonyl (C=O) groups is 1. The van der Waals surface area contributed by atoms with Crippen LogP contribution in [0.5, 0.6) is 0 Å². The molecule has 0 aliphatic heterocycles. The van der Waals surface area contributed by atoms with Gasteiger partial charge in [0, 0.05) is 29.4 Å². The van der Waals surface area contributed by atoms with Gasteiger partial charge in [0.1, 0.15) is 0 Å². The van der Waals surface area contributed by atoms with Crippen molar-refractivity contribution < 1.29 is 4.79 Å². The molecule has 0 aliphatic rings. The molecule has 1 amide bonds. The van der Waals surface area contributed by atoms with Crippen molar-refractivity contribution in [3.8, 4) is 5.82 Å². The molecular formula is C17H15ClN4OS. The first-order valence-corrected chi connectivity index (χ1v) is 8.83. The average molecular weight is 359 g/mol. The van der Waals surface area contributed by atoms with Crippen LogP contribution in [-0.4, -0.2) is 26.4 Å². The molecule has 1 N–H and O–H groups in total. The molecule has 0 aliphatic carbocycles. The topological polar surface area (TPSA) is 59.8 Å². The third kappa shape index (κ3) is 4.37. The van der Waals surface area contributed by atoms with Gasteiger partial charge in [-0.1, -0.05) is 23.7 Å².